The van der Waals surface area contributed by atoms with Crippen LogP contribution in [0.1, 0.15) is 51.9 Å². The molecule has 0 aromatic heterocycles. The molecule has 0 aromatic rings. The number of carbonyl (C=O) groups is 1. The Balaban J connectivity index is 1.60. The van der Waals surface area contributed by atoms with Crippen molar-refractivity contribution < 1.29 is 4.79 Å². The molecule has 1 N–H and O–H groups in total. The molecule has 1 aliphatic heterocycles. The summed E-state index contributed by atoms with van der Waals surface area (Å²) in [6.45, 7) is 3.09. The fourth-order valence-corrected chi connectivity index (χ4v) is 3.33. The van der Waals surface area contributed by atoms with Crippen molar-refractivity contribution in [2.24, 2.45) is 5.92 Å². The molecule has 16 heavy (non-hydrogen) atoms. The molecule has 1 saturated heterocycles. The third kappa shape index (κ3) is 1.56. The maximum atomic E-state index is 12.2. The highest BCUT2D eigenvalue weighted by molar-refractivity contribution is 5.91. The molecule has 0 radical (unpaired) electrons. The highest BCUT2D eigenvalue weighted by Crippen LogP contribution is 2.42. The van der Waals surface area contributed by atoms with Crippen molar-refractivity contribution in [3.05, 3.63) is 0 Å². The molecule has 3 heteroatoms. The van der Waals surface area contributed by atoms with E-state index in [9.17, 15) is 4.79 Å². The molecular weight excluding hydrogens is 200 g/mol. The molecule has 1 spiro atoms. The minimum absolute atomic E-state index is 0.0956. The van der Waals surface area contributed by atoms with Gasteiger partial charge in [-0.05, 0) is 44.4 Å². The van der Waals surface area contributed by atoms with E-state index in [0.29, 0.717) is 11.9 Å². The van der Waals surface area contributed by atoms with E-state index < -0.39 is 0 Å². The van der Waals surface area contributed by atoms with Crippen LogP contribution in [0, 0.1) is 5.92 Å². The molecule has 0 aromatic carbocycles. The van der Waals surface area contributed by atoms with Gasteiger partial charge in [0.2, 0.25) is 5.91 Å². The molecule has 1 amide bonds. The van der Waals surface area contributed by atoms with Gasteiger partial charge in [0.05, 0.1) is 12.2 Å². The van der Waals surface area contributed by atoms with Gasteiger partial charge in [-0.25, -0.2) is 0 Å². The summed E-state index contributed by atoms with van der Waals surface area (Å²) < 4.78 is 0. The van der Waals surface area contributed by atoms with Gasteiger partial charge in [0.1, 0.15) is 0 Å². The van der Waals surface area contributed by atoms with Gasteiger partial charge in [0.15, 0.2) is 0 Å². The molecule has 0 bridgehead atoms. The second-order valence-corrected chi connectivity index (χ2v) is 5.77. The van der Waals surface area contributed by atoms with Crippen molar-refractivity contribution in [1.29, 1.82) is 0 Å². The van der Waals surface area contributed by atoms with Crippen LogP contribution in [-0.2, 0) is 4.79 Å². The van der Waals surface area contributed by atoms with E-state index in [1.54, 1.807) is 0 Å². The highest BCUT2D eigenvalue weighted by atomic mass is 16.2. The van der Waals surface area contributed by atoms with E-state index in [2.05, 4.69) is 17.1 Å². The number of hydrogen-bond donors (Lipinski definition) is 1. The van der Waals surface area contributed by atoms with E-state index in [4.69, 9.17) is 0 Å². The predicted molar refractivity (Wildman–Crippen MR) is 62.9 cm³/mol. The van der Waals surface area contributed by atoms with Crippen LogP contribution in [0.15, 0.2) is 0 Å². The van der Waals surface area contributed by atoms with Crippen LogP contribution in [0.4, 0.5) is 0 Å². The summed E-state index contributed by atoms with van der Waals surface area (Å²) >= 11 is 0. The summed E-state index contributed by atoms with van der Waals surface area (Å²) in [4.78, 5) is 14.3. The molecule has 3 nitrogen and oxygen atoms in total. The van der Waals surface area contributed by atoms with E-state index in [-0.39, 0.29) is 5.54 Å². The van der Waals surface area contributed by atoms with Gasteiger partial charge in [0, 0.05) is 6.04 Å². The van der Waals surface area contributed by atoms with Crippen LogP contribution < -0.4 is 5.32 Å². The van der Waals surface area contributed by atoms with Crippen LogP contribution in [0.25, 0.3) is 0 Å². The Bertz CT molecular complexity index is 290. The van der Waals surface area contributed by atoms with E-state index in [1.807, 2.05) is 0 Å². The number of nitrogens with one attached hydrogen (secondary N) is 1. The molecule has 0 unspecified atom stereocenters. The first kappa shape index (κ1) is 10.6. The third-order valence-corrected chi connectivity index (χ3v) is 4.84. The zero-order valence-corrected chi connectivity index (χ0v) is 10.2. The highest BCUT2D eigenvalue weighted by Gasteiger charge is 2.56. The third-order valence-electron chi connectivity index (χ3n) is 4.84. The monoisotopic (exact) mass is 222 g/mol. The minimum atomic E-state index is -0.0956. The smallest absolute Gasteiger partial charge is 0.244 e. The molecule has 1 heterocycles. The molecule has 2 saturated carbocycles. The zero-order valence-electron chi connectivity index (χ0n) is 10.2. The first-order valence-corrected chi connectivity index (χ1v) is 6.81. The number of carbonyl (C=O) groups excluding carboxylic acids is 1. The average Bonchev–Trinajstić information content (AvgIpc) is 3.04. The number of rotatable bonds is 2. The van der Waals surface area contributed by atoms with Gasteiger partial charge in [-0.1, -0.05) is 13.3 Å². The maximum Gasteiger partial charge on any atom is 0.244 e. The normalized spacial score (nSPS) is 37.1. The van der Waals surface area contributed by atoms with E-state index >= 15 is 0 Å². The van der Waals surface area contributed by atoms with E-state index in [0.717, 1.165) is 25.4 Å². The zero-order chi connectivity index (χ0) is 11.2. The second-order valence-electron chi connectivity index (χ2n) is 5.77. The predicted octanol–water partition coefficient (Wildman–Crippen LogP) is 1.88. The van der Waals surface area contributed by atoms with Gasteiger partial charge < -0.3 is 4.90 Å². The molecule has 3 rings (SSSR count). The topological polar surface area (TPSA) is 32.3 Å². The quantitative estimate of drug-likeness (QED) is 0.773. The SMILES string of the molecule is CCC1CCC(N2CNC3(CC3)C2=O)CC1. The average molecular weight is 222 g/mol. The van der Waals surface area contributed by atoms with Gasteiger partial charge in [-0.3, -0.25) is 10.1 Å². The summed E-state index contributed by atoms with van der Waals surface area (Å²) in [7, 11) is 0. The first-order chi connectivity index (χ1) is 7.75. The first-order valence-electron chi connectivity index (χ1n) is 6.81. The van der Waals surface area contributed by atoms with Gasteiger partial charge in [0.25, 0.3) is 0 Å². The number of amides is 1. The summed E-state index contributed by atoms with van der Waals surface area (Å²) in [6.07, 6.45) is 8.52. The van der Waals surface area contributed by atoms with Crippen LogP contribution in [0.5, 0.6) is 0 Å². The van der Waals surface area contributed by atoms with Crippen molar-refractivity contribution in [3.63, 3.8) is 0 Å². The van der Waals surface area contributed by atoms with Crippen molar-refractivity contribution in [1.82, 2.24) is 10.2 Å². The molecule has 3 aliphatic rings. The maximum absolute atomic E-state index is 12.2. The Morgan fingerprint density at radius 2 is 2.00 bits per heavy atom. The summed E-state index contributed by atoms with van der Waals surface area (Å²) in [5.41, 5.74) is -0.0956. The van der Waals surface area contributed by atoms with Crippen molar-refractivity contribution in [2.45, 2.75) is 63.5 Å². The molecule has 0 atom stereocenters. The van der Waals surface area contributed by atoms with Crippen molar-refractivity contribution in [3.8, 4) is 0 Å². The molecule has 2 aliphatic carbocycles. The van der Waals surface area contributed by atoms with Crippen LogP contribution in [-0.4, -0.2) is 29.1 Å². The molecule has 3 fully saturated rings. The summed E-state index contributed by atoms with van der Waals surface area (Å²) in [6, 6.07) is 0.530. The summed E-state index contributed by atoms with van der Waals surface area (Å²) in [5, 5.41) is 3.41. The fourth-order valence-electron chi connectivity index (χ4n) is 3.33. The number of nitrogens with zero attached hydrogens (tertiary/aromatic N) is 1. The van der Waals surface area contributed by atoms with Crippen LogP contribution in [0.3, 0.4) is 0 Å². The largest absolute Gasteiger partial charge is 0.325 e. The minimum Gasteiger partial charge on any atom is -0.325 e. The standard InChI is InChI=1S/C13H22N2O/c1-2-10-3-5-11(6-4-10)15-9-14-13(7-8-13)12(15)16/h10-11,14H,2-9H2,1H3. The Morgan fingerprint density at radius 1 is 1.31 bits per heavy atom. The Labute approximate surface area is 97.6 Å². The lowest BCUT2D eigenvalue weighted by Crippen LogP contribution is -2.41. The Morgan fingerprint density at radius 3 is 2.50 bits per heavy atom. The molecular formula is C13H22N2O. The Kier molecular flexibility index (Phi) is 2.46. The van der Waals surface area contributed by atoms with Crippen molar-refractivity contribution >= 4 is 5.91 Å². The Hall–Kier alpha value is -0.570. The van der Waals surface area contributed by atoms with Crippen LogP contribution in [0.2, 0.25) is 0 Å². The van der Waals surface area contributed by atoms with Crippen molar-refractivity contribution in [2.75, 3.05) is 6.67 Å². The van der Waals surface area contributed by atoms with Gasteiger partial charge in [-0.2, -0.15) is 0 Å². The van der Waals surface area contributed by atoms with E-state index in [1.165, 1.54) is 32.1 Å². The van der Waals surface area contributed by atoms with Gasteiger partial charge in [-0.15, -0.1) is 0 Å². The molecule has 90 valence electrons. The lowest BCUT2D eigenvalue weighted by atomic mass is 9.84. The fraction of sp³-hybridized carbons (Fsp3) is 0.923. The summed E-state index contributed by atoms with van der Waals surface area (Å²) in [5.74, 6) is 1.31. The lowest BCUT2D eigenvalue weighted by Gasteiger charge is -2.34. The lowest BCUT2D eigenvalue weighted by molar-refractivity contribution is -0.132. The van der Waals surface area contributed by atoms with Gasteiger partial charge >= 0.3 is 0 Å². The second kappa shape index (κ2) is 3.73. The van der Waals surface area contributed by atoms with Crippen LogP contribution >= 0.6 is 0 Å². The number of hydrogen-bond acceptors (Lipinski definition) is 2.